The Morgan fingerprint density at radius 2 is 2.00 bits per heavy atom. The summed E-state index contributed by atoms with van der Waals surface area (Å²) in [5.41, 5.74) is 0. The van der Waals surface area contributed by atoms with Gasteiger partial charge in [0.1, 0.15) is 10.7 Å². The summed E-state index contributed by atoms with van der Waals surface area (Å²) in [6.07, 6.45) is 0.912. The Morgan fingerprint density at radius 3 is 2.63 bits per heavy atom. The van der Waals surface area contributed by atoms with Crippen molar-refractivity contribution in [3.63, 3.8) is 0 Å². The Balaban J connectivity index is 2.40. The average molecular weight is 366 g/mol. The van der Waals surface area contributed by atoms with E-state index in [2.05, 4.69) is 25.6 Å². The smallest absolute Gasteiger partial charge is 0.262 e. The van der Waals surface area contributed by atoms with E-state index in [-0.39, 0.29) is 20.2 Å². The number of hydrogen-bond donors (Lipinski definition) is 1. The standard InChI is InChI=1S/C11H7BrClFN2O2S/c12-8-5-7(14)6-15-11(8)16-19(17,18)10-4-2-1-3-9(10)13/h1-6H,(H,15,16). The topological polar surface area (TPSA) is 59.1 Å². The quantitative estimate of drug-likeness (QED) is 0.906. The predicted molar refractivity (Wildman–Crippen MR) is 74.2 cm³/mol. The van der Waals surface area contributed by atoms with Gasteiger partial charge in [-0.15, -0.1) is 0 Å². The molecule has 19 heavy (non-hydrogen) atoms. The first kappa shape index (κ1) is 14.2. The summed E-state index contributed by atoms with van der Waals surface area (Å²) in [7, 11) is -3.88. The van der Waals surface area contributed by atoms with E-state index in [0.717, 1.165) is 12.3 Å². The van der Waals surface area contributed by atoms with Gasteiger partial charge >= 0.3 is 0 Å². The molecule has 0 spiro atoms. The van der Waals surface area contributed by atoms with Crippen molar-refractivity contribution in [2.24, 2.45) is 0 Å². The van der Waals surface area contributed by atoms with Gasteiger partial charge in [0.25, 0.3) is 10.0 Å². The van der Waals surface area contributed by atoms with Crippen molar-refractivity contribution in [3.05, 3.63) is 51.8 Å². The summed E-state index contributed by atoms with van der Waals surface area (Å²) in [4.78, 5) is 3.59. The number of rotatable bonds is 3. The van der Waals surface area contributed by atoms with E-state index in [1.165, 1.54) is 12.1 Å². The number of halogens is 3. The van der Waals surface area contributed by atoms with E-state index in [1.54, 1.807) is 12.1 Å². The van der Waals surface area contributed by atoms with Gasteiger partial charge in [0.15, 0.2) is 5.82 Å². The number of nitrogens with one attached hydrogen (secondary N) is 1. The summed E-state index contributed by atoms with van der Waals surface area (Å²) in [6, 6.07) is 7.10. The van der Waals surface area contributed by atoms with Gasteiger partial charge in [0.2, 0.25) is 0 Å². The predicted octanol–water partition coefficient (Wildman–Crippen LogP) is 3.44. The first-order valence-corrected chi connectivity index (χ1v) is 7.64. The maximum atomic E-state index is 12.9. The zero-order valence-electron chi connectivity index (χ0n) is 9.27. The second-order valence-corrected chi connectivity index (χ2v) is 6.43. The van der Waals surface area contributed by atoms with Crippen LogP contribution < -0.4 is 4.72 Å². The van der Waals surface area contributed by atoms with Crippen molar-refractivity contribution in [2.45, 2.75) is 4.90 Å². The van der Waals surface area contributed by atoms with Gasteiger partial charge in [-0.25, -0.2) is 17.8 Å². The van der Waals surface area contributed by atoms with Gasteiger partial charge in [-0.1, -0.05) is 23.7 Å². The number of hydrogen-bond acceptors (Lipinski definition) is 3. The lowest BCUT2D eigenvalue weighted by atomic mass is 10.4. The van der Waals surface area contributed by atoms with Crippen LogP contribution in [0.5, 0.6) is 0 Å². The third kappa shape index (κ3) is 3.23. The highest BCUT2D eigenvalue weighted by Crippen LogP contribution is 2.26. The van der Waals surface area contributed by atoms with Crippen LogP contribution in [-0.4, -0.2) is 13.4 Å². The summed E-state index contributed by atoms with van der Waals surface area (Å²) in [5, 5.41) is 0.0910. The number of anilines is 1. The van der Waals surface area contributed by atoms with Crippen molar-refractivity contribution in [2.75, 3.05) is 4.72 Å². The van der Waals surface area contributed by atoms with Gasteiger partial charge in [-0.3, -0.25) is 4.72 Å². The minimum atomic E-state index is -3.88. The van der Waals surface area contributed by atoms with Crippen molar-refractivity contribution in [1.29, 1.82) is 0 Å². The molecule has 1 heterocycles. The second kappa shape index (κ2) is 5.44. The first-order chi connectivity index (χ1) is 8.90. The highest BCUT2D eigenvalue weighted by atomic mass is 79.9. The van der Waals surface area contributed by atoms with Crippen molar-refractivity contribution in [1.82, 2.24) is 4.98 Å². The molecule has 8 heteroatoms. The molecule has 1 N–H and O–H groups in total. The van der Waals surface area contributed by atoms with Crippen LogP contribution in [0.1, 0.15) is 0 Å². The van der Waals surface area contributed by atoms with Gasteiger partial charge < -0.3 is 0 Å². The fourth-order valence-electron chi connectivity index (χ4n) is 1.33. The van der Waals surface area contributed by atoms with Gasteiger partial charge in [0, 0.05) is 0 Å². The fraction of sp³-hybridized carbons (Fsp3) is 0. The number of aromatic nitrogens is 1. The van der Waals surface area contributed by atoms with Crippen LogP contribution in [0.25, 0.3) is 0 Å². The Hall–Kier alpha value is -1.18. The molecule has 100 valence electrons. The normalized spacial score (nSPS) is 11.3. The monoisotopic (exact) mass is 364 g/mol. The van der Waals surface area contributed by atoms with Crippen LogP contribution in [0.2, 0.25) is 5.02 Å². The molecule has 1 aromatic carbocycles. The third-order valence-corrected chi connectivity index (χ3v) is 4.61. The van der Waals surface area contributed by atoms with Crippen LogP contribution in [0.15, 0.2) is 45.9 Å². The molecule has 0 saturated heterocycles. The molecular formula is C11H7BrClFN2O2S. The number of sulfonamides is 1. The van der Waals surface area contributed by atoms with Crippen molar-refractivity contribution in [3.8, 4) is 0 Å². The molecule has 0 aliphatic rings. The Labute approximate surface area is 122 Å². The zero-order valence-corrected chi connectivity index (χ0v) is 12.4. The summed E-state index contributed by atoms with van der Waals surface area (Å²) < 4.78 is 39.5. The van der Waals surface area contributed by atoms with Crippen molar-refractivity contribution >= 4 is 43.4 Å². The minimum Gasteiger partial charge on any atom is -0.262 e. The van der Waals surface area contributed by atoms with E-state index < -0.39 is 15.8 Å². The number of nitrogens with zero attached hydrogens (tertiary/aromatic N) is 1. The molecule has 0 aliphatic heterocycles. The summed E-state index contributed by atoms with van der Waals surface area (Å²) in [6.45, 7) is 0. The molecular weight excluding hydrogens is 359 g/mol. The molecule has 0 atom stereocenters. The molecule has 4 nitrogen and oxygen atoms in total. The number of pyridine rings is 1. The first-order valence-electron chi connectivity index (χ1n) is 4.98. The average Bonchev–Trinajstić information content (AvgIpc) is 2.33. The van der Waals surface area contributed by atoms with E-state index in [0.29, 0.717) is 0 Å². The van der Waals surface area contributed by atoms with Crippen LogP contribution in [-0.2, 0) is 10.0 Å². The maximum absolute atomic E-state index is 12.9. The van der Waals surface area contributed by atoms with E-state index in [1.807, 2.05) is 0 Å². The molecule has 0 saturated carbocycles. The fourth-order valence-corrected chi connectivity index (χ4v) is 3.44. The highest BCUT2D eigenvalue weighted by molar-refractivity contribution is 9.10. The van der Waals surface area contributed by atoms with E-state index >= 15 is 0 Å². The third-order valence-electron chi connectivity index (χ3n) is 2.17. The highest BCUT2D eigenvalue weighted by Gasteiger charge is 2.19. The Morgan fingerprint density at radius 1 is 1.32 bits per heavy atom. The molecule has 0 bridgehead atoms. The summed E-state index contributed by atoms with van der Waals surface area (Å²) >= 11 is 8.86. The lowest BCUT2D eigenvalue weighted by Gasteiger charge is -2.09. The minimum absolute atomic E-state index is 0.0127. The van der Waals surface area contributed by atoms with Crippen molar-refractivity contribution < 1.29 is 12.8 Å². The van der Waals surface area contributed by atoms with Crippen LogP contribution in [0.3, 0.4) is 0 Å². The SMILES string of the molecule is O=S(=O)(Nc1ncc(F)cc1Br)c1ccccc1Cl. The number of benzene rings is 1. The molecule has 0 unspecified atom stereocenters. The van der Waals surface area contributed by atoms with Gasteiger partial charge in [-0.2, -0.15) is 0 Å². The van der Waals surface area contributed by atoms with Crippen LogP contribution in [0.4, 0.5) is 10.2 Å². The van der Waals surface area contributed by atoms with E-state index in [9.17, 15) is 12.8 Å². The Bertz CT molecular complexity index is 724. The molecule has 0 amide bonds. The van der Waals surface area contributed by atoms with Crippen LogP contribution >= 0.6 is 27.5 Å². The largest absolute Gasteiger partial charge is 0.264 e. The van der Waals surface area contributed by atoms with E-state index in [4.69, 9.17) is 11.6 Å². The Kier molecular flexibility index (Phi) is 4.07. The second-order valence-electron chi connectivity index (χ2n) is 3.52. The molecule has 0 radical (unpaired) electrons. The van der Waals surface area contributed by atoms with Gasteiger partial charge in [0.05, 0.1) is 15.7 Å². The lowest BCUT2D eigenvalue weighted by Crippen LogP contribution is -2.14. The maximum Gasteiger partial charge on any atom is 0.264 e. The molecule has 2 aromatic rings. The lowest BCUT2D eigenvalue weighted by molar-refractivity contribution is 0.600. The zero-order chi connectivity index (χ0) is 14.0. The van der Waals surface area contributed by atoms with Gasteiger partial charge in [-0.05, 0) is 34.1 Å². The molecule has 0 fully saturated rings. The molecule has 1 aromatic heterocycles. The molecule has 0 aliphatic carbocycles. The van der Waals surface area contributed by atoms with Crippen LogP contribution in [0, 0.1) is 5.82 Å². The molecule has 2 rings (SSSR count). The summed E-state index contributed by atoms with van der Waals surface area (Å²) in [5.74, 6) is -0.589.